The van der Waals surface area contributed by atoms with Gasteiger partial charge < -0.3 is 31.4 Å². The van der Waals surface area contributed by atoms with E-state index in [1.54, 1.807) is 0 Å². The highest BCUT2D eigenvalue weighted by Gasteiger charge is 2.13. The third-order valence-corrected chi connectivity index (χ3v) is 2.65. The highest BCUT2D eigenvalue weighted by molar-refractivity contribution is 5.98. The number of ether oxygens (including phenoxy) is 2. The molecule has 20 heavy (non-hydrogen) atoms. The van der Waals surface area contributed by atoms with Gasteiger partial charge in [-0.05, 0) is 19.0 Å². The van der Waals surface area contributed by atoms with Gasteiger partial charge in [0.25, 0.3) is 5.91 Å². The van der Waals surface area contributed by atoms with Gasteiger partial charge in [-0.25, -0.2) is 0 Å². The standard InChI is InChI=1S/C13H21N3O4/c1-19-11-8-10(14)9(13(15)18)7-12(11)20-6-2-3-16-4-5-17/h7-8,16-17H,2-6,14H2,1H3,(H2,15,18). The number of nitrogen functional groups attached to an aromatic ring is 1. The number of amides is 1. The van der Waals surface area contributed by atoms with Crippen molar-refractivity contribution in [2.75, 3.05) is 39.1 Å². The van der Waals surface area contributed by atoms with E-state index in [-0.39, 0.29) is 17.9 Å². The Labute approximate surface area is 117 Å². The van der Waals surface area contributed by atoms with Gasteiger partial charge in [0.05, 0.1) is 25.9 Å². The molecule has 0 fully saturated rings. The molecule has 0 unspecified atom stereocenters. The number of nitrogens with one attached hydrogen (secondary N) is 1. The highest BCUT2D eigenvalue weighted by atomic mass is 16.5. The van der Waals surface area contributed by atoms with Crippen LogP contribution in [0.15, 0.2) is 12.1 Å². The van der Waals surface area contributed by atoms with Crippen molar-refractivity contribution >= 4 is 11.6 Å². The maximum Gasteiger partial charge on any atom is 0.250 e. The number of primary amides is 1. The molecule has 0 spiro atoms. The summed E-state index contributed by atoms with van der Waals surface area (Å²) in [6.45, 7) is 1.82. The molecule has 0 aliphatic carbocycles. The van der Waals surface area contributed by atoms with E-state index in [9.17, 15) is 4.79 Å². The first-order valence-electron chi connectivity index (χ1n) is 6.31. The molecule has 0 aliphatic heterocycles. The average Bonchev–Trinajstić information content (AvgIpc) is 2.43. The Morgan fingerprint density at radius 3 is 2.70 bits per heavy atom. The molecule has 112 valence electrons. The zero-order valence-corrected chi connectivity index (χ0v) is 11.5. The van der Waals surface area contributed by atoms with Crippen molar-refractivity contribution in [2.24, 2.45) is 5.73 Å². The molecule has 7 nitrogen and oxygen atoms in total. The first-order valence-corrected chi connectivity index (χ1v) is 6.31. The summed E-state index contributed by atoms with van der Waals surface area (Å²) in [4.78, 5) is 11.2. The van der Waals surface area contributed by atoms with Crippen LogP contribution in [0.2, 0.25) is 0 Å². The first-order chi connectivity index (χ1) is 9.60. The molecule has 7 heteroatoms. The van der Waals surface area contributed by atoms with Crippen molar-refractivity contribution in [2.45, 2.75) is 6.42 Å². The van der Waals surface area contributed by atoms with Gasteiger partial charge in [0, 0.05) is 18.3 Å². The van der Waals surface area contributed by atoms with Crippen molar-refractivity contribution in [3.05, 3.63) is 17.7 Å². The van der Waals surface area contributed by atoms with E-state index in [4.69, 9.17) is 26.0 Å². The number of anilines is 1. The second-order valence-corrected chi connectivity index (χ2v) is 4.13. The van der Waals surface area contributed by atoms with Crippen molar-refractivity contribution < 1.29 is 19.4 Å². The van der Waals surface area contributed by atoms with Gasteiger partial charge >= 0.3 is 0 Å². The predicted molar refractivity (Wildman–Crippen MR) is 76.0 cm³/mol. The summed E-state index contributed by atoms with van der Waals surface area (Å²) in [6, 6.07) is 3.00. The van der Waals surface area contributed by atoms with E-state index < -0.39 is 5.91 Å². The van der Waals surface area contributed by atoms with Gasteiger partial charge in [-0.1, -0.05) is 0 Å². The van der Waals surface area contributed by atoms with Crippen molar-refractivity contribution in [1.82, 2.24) is 5.32 Å². The molecule has 0 bridgehead atoms. The van der Waals surface area contributed by atoms with E-state index in [0.29, 0.717) is 24.7 Å². The Morgan fingerprint density at radius 2 is 2.10 bits per heavy atom. The summed E-state index contributed by atoms with van der Waals surface area (Å²) in [5.74, 6) is 0.271. The van der Waals surface area contributed by atoms with Crippen LogP contribution in [0.1, 0.15) is 16.8 Å². The van der Waals surface area contributed by atoms with Crippen LogP contribution in [-0.4, -0.2) is 44.4 Å². The summed E-state index contributed by atoms with van der Waals surface area (Å²) in [5, 5.41) is 11.6. The lowest BCUT2D eigenvalue weighted by atomic mass is 10.1. The lowest BCUT2D eigenvalue weighted by Crippen LogP contribution is -2.21. The van der Waals surface area contributed by atoms with Crippen LogP contribution in [0.5, 0.6) is 11.5 Å². The zero-order chi connectivity index (χ0) is 15.0. The normalized spacial score (nSPS) is 10.3. The van der Waals surface area contributed by atoms with Crippen LogP contribution in [0.4, 0.5) is 5.69 Å². The minimum Gasteiger partial charge on any atom is -0.493 e. The molecule has 1 amide bonds. The van der Waals surface area contributed by atoms with Crippen LogP contribution in [0, 0.1) is 0 Å². The highest BCUT2D eigenvalue weighted by Crippen LogP contribution is 2.32. The Morgan fingerprint density at radius 1 is 1.35 bits per heavy atom. The predicted octanol–water partition coefficient (Wildman–Crippen LogP) is -0.273. The smallest absolute Gasteiger partial charge is 0.250 e. The van der Waals surface area contributed by atoms with Crippen molar-refractivity contribution in [3.63, 3.8) is 0 Å². The average molecular weight is 283 g/mol. The van der Waals surface area contributed by atoms with Gasteiger partial charge in [0.2, 0.25) is 0 Å². The zero-order valence-electron chi connectivity index (χ0n) is 11.5. The minimum absolute atomic E-state index is 0.106. The Balaban J connectivity index is 2.63. The van der Waals surface area contributed by atoms with Crippen LogP contribution in [0.3, 0.4) is 0 Å². The maximum absolute atomic E-state index is 11.2. The van der Waals surface area contributed by atoms with Crippen molar-refractivity contribution in [1.29, 1.82) is 0 Å². The van der Waals surface area contributed by atoms with Crippen LogP contribution < -0.4 is 26.3 Å². The molecule has 1 aromatic carbocycles. The third-order valence-electron chi connectivity index (χ3n) is 2.65. The van der Waals surface area contributed by atoms with Gasteiger partial charge in [-0.3, -0.25) is 4.79 Å². The molecule has 0 saturated heterocycles. The fraction of sp³-hybridized carbons (Fsp3) is 0.462. The van der Waals surface area contributed by atoms with Crippen molar-refractivity contribution in [3.8, 4) is 11.5 Å². The van der Waals surface area contributed by atoms with Gasteiger partial charge in [0.1, 0.15) is 0 Å². The maximum atomic E-state index is 11.2. The quantitative estimate of drug-likeness (QED) is 0.366. The number of hydrogen-bond acceptors (Lipinski definition) is 6. The second kappa shape index (κ2) is 8.23. The van der Waals surface area contributed by atoms with Crippen LogP contribution in [-0.2, 0) is 0 Å². The number of hydrogen-bond donors (Lipinski definition) is 4. The lowest BCUT2D eigenvalue weighted by Gasteiger charge is -2.13. The summed E-state index contributed by atoms with van der Waals surface area (Å²) >= 11 is 0. The lowest BCUT2D eigenvalue weighted by molar-refractivity contribution is 0.100. The minimum atomic E-state index is -0.611. The Kier molecular flexibility index (Phi) is 6.61. The molecule has 6 N–H and O–H groups in total. The number of rotatable bonds is 9. The largest absolute Gasteiger partial charge is 0.493 e. The third kappa shape index (κ3) is 4.60. The fourth-order valence-corrected chi connectivity index (χ4v) is 1.64. The number of carbonyl (C=O) groups is 1. The molecule has 1 aromatic rings. The first kappa shape index (κ1) is 16.1. The molecule has 0 radical (unpaired) electrons. The summed E-state index contributed by atoms with van der Waals surface area (Å²) in [7, 11) is 1.49. The van der Waals surface area contributed by atoms with Crippen LogP contribution >= 0.6 is 0 Å². The Hall–Kier alpha value is -1.99. The van der Waals surface area contributed by atoms with E-state index >= 15 is 0 Å². The monoisotopic (exact) mass is 283 g/mol. The molecule has 0 saturated carbocycles. The number of nitrogens with two attached hydrogens (primary N) is 2. The van der Waals surface area contributed by atoms with E-state index in [1.165, 1.54) is 19.2 Å². The summed E-state index contributed by atoms with van der Waals surface area (Å²) in [6.07, 6.45) is 0.749. The topological polar surface area (TPSA) is 120 Å². The number of methoxy groups -OCH3 is 1. The van der Waals surface area contributed by atoms with Gasteiger partial charge in [-0.2, -0.15) is 0 Å². The number of carbonyl (C=O) groups excluding carboxylic acids is 1. The second-order valence-electron chi connectivity index (χ2n) is 4.13. The van der Waals surface area contributed by atoms with E-state index in [2.05, 4.69) is 5.32 Å². The molecule has 0 heterocycles. The molecule has 1 rings (SSSR count). The van der Waals surface area contributed by atoms with E-state index in [1.807, 2.05) is 0 Å². The number of aliphatic hydroxyl groups excluding tert-OH is 1. The van der Waals surface area contributed by atoms with Gasteiger partial charge in [0.15, 0.2) is 11.5 Å². The fourth-order valence-electron chi connectivity index (χ4n) is 1.64. The van der Waals surface area contributed by atoms with Gasteiger partial charge in [-0.15, -0.1) is 0 Å². The Bertz CT molecular complexity index is 451. The molecule has 0 aromatic heterocycles. The number of aliphatic hydroxyl groups is 1. The summed E-state index contributed by atoms with van der Waals surface area (Å²) in [5.41, 5.74) is 11.4. The summed E-state index contributed by atoms with van der Waals surface area (Å²) < 4.78 is 10.7. The SMILES string of the molecule is COc1cc(N)c(C(N)=O)cc1OCCCNCCO. The van der Waals surface area contributed by atoms with Crippen LogP contribution in [0.25, 0.3) is 0 Å². The van der Waals surface area contributed by atoms with E-state index in [0.717, 1.165) is 13.0 Å². The molecule has 0 aliphatic rings. The molecule has 0 atom stereocenters. The molecular weight excluding hydrogens is 262 g/mol. The molecular formula is C13H21N3O4. The number of benzene rings is 1.